The van der Waals surface area contributed by atoms with Crippen molar-refractivity contribution in [3.05, 3.63) is 48.0 Å². The lowest BCUT2D eigenvalue weighted by molar-refractivity contribution is 0.727. The number of guanidine groups is 1. The molecule has 0 atom stereocenters. The van der Waals surface area contributed by atoms with Crippen LogP contribution in [0.3, 0.4) is 0 Å². The van der Waals surface area contributed by atoms with Gasteiger partial charge in [0.15, 0.2) is 11.8 Å². The molecule has 0 bridgehead atoms. The van der Waals surface area contributed by atoms with Crippen LogP contribution < -0.4 is 11.1 Å². The Balaban J connectivity index is 1.82. The smallest absolute Gasteiger partial charge is 0.189 e. The van der Waals surface area contributed by atoms with Gasteiger partial charge in [-0.25, -0.2) is 9.98 Å². The lowest BCUT2D eigenvalue weighted by Crippen LogP contribution is -2.31. The molecule has 0 radical (unpaired) electrons. The first-order valence-corrected chi connectivity index (χ1v) is 5.66. The van der Waals surface area contributed by atoms with Gasteiger partial charge in [-0.05, 0) is 5.56 Å². The third kappa shape index (κ3) is 3.58. The SMILES string of the molecule is Cn1cnc(CNC(N)=NCc2ccccc2)n1. The zero-order valence-corrected chi connectivity index (χ0v) is 10.2. The summed E-state index contributed by atoms with van der Waals surface area (Å²) in [5, 5.41) is 7.11. The first kappa shape index (κ1) is 12.1. The number of nitrogens with zero attached hydrogens (tertiary/aromatic N) is 4. The number of aliphatic imine (C=N–C) groups is 1. The largest absolute Gasteiger partial charge is 0.370 e. The fourth-order valence-electron chi connectivity index (χ4n) is 1.45. The van der Waals surface area contributed by atoms with Crippen molar-refractivity contribution in [2.45, 2.75) is 13.1 Å². The van der Waals surface area contributed by atoms with E-state index in [4.69, 9.17) is 5.73 Å². The molecule has 1 aromatic carbocycles. The summed E-state index contributed by atoms with van der Waals surface area (Å²) in [4.78, 5) is 8.32. The van der Waals surface area contributed by atoms with E-state index in [0.29, 0.717) is 24.9 Å². The van der Waals surface area contributed by atoms with Crippen molar-refractivity contribution in [3.63, 3.8) is 0 Å². The molecule has 6 heteroatoms. The zero-order valence-electron chi connectivity index (χ0n) is 10.2. The van der Waals surface area contributed by atoms with Crippen LogP contribution in [-0.2, 0) is 20.1 Å². The van der Waals surface area contributed by atoms with Crippen molar-refractivity contribution in [1.29, 1.82) is 0 Å². The van der Waals surface area contributed by atoms with Crippen molar-refractivity contribution in [2.24, 2.45) is 17.8 Å². The van der Waals surface area contributed by atoms with Gasteiger partial charge in [-0.3, -0.25) is 4.68 Å². The first-order chi connectivity index (χ1) is 8.74. The van der Waals surface area contributed by atoms with Crippen LogP contribution in [0.25, 0.3) is 0 Å². The van der Waals surface area contributed by atoms with Gasteiger partial charge in [0.1, 0.15) is 6.33 Å². The Hall–Kier alpha value is -2.37. The minimum absolute atomic E-state index is 0.395. The monoisotopic (exact) mass is 244 g/mol. The second kappa shape index (κ2) is 5.81. The van der Waals surface area contributed by atoms with Crippen molar-refractivity contribution in [3.8, 4) is 0 Å². The number of nitrogens with one attached hydrogen (secondary N) is 1. The maximum absolute atomic E-state index is 5.75. The first-order valence-electron chi connectivity index (χ1n) is 5.66. The number of nitrogens with two attached hydrogens (primary N) is 1. The summed E-state index contributed by atoms with van der Waals surface area (Å²) in [7, 11) is 1.82. The van der Waals surface area contributed by atoms with Gasteiger partial charge in [-0.15, -0.1) is 0 Å². The van der Waals surface area contributed by atoms with Gasteiger partial charge in [0.2, 0.25) is 0 Å². The highest BCUT2D eigenvalue weighted by Crippen LogP contribution is 1.99. The summed E-state index contributed by atoms with van der Waals surface area (Å²) in [6.45, 7) is 1.04. The van der Waals surface area contributed by atoms with E-state index in [0.717, 1.165) is 5.56 Å². The lowest BCUT2D eigenvalue weighted by Gasteiger charge is -2.02. The van der Waals surface area contributed by atoms with Crippen LogP contribution in [-0.4, -0.2) is 20.7 Å². The Morgan fingerprint density at radius 2 is 2.17 bits per heavy atom. The maximum atomic E-state index is 5.75. The van der Waals surface area contributed by atoms with Gasteiger partial charge >= 0.3 is 0 Å². The molecule has 94 valence electrons. The highest BCUT2D eigenvalue weighted by molar-refractivity contribution is 5.77. The number of rotatable bonds is 4. The van der Waals surface area contributed by atoms with Crippen molar-refractivity contribution >= 4 is 5.96 Å². The third-order valence-corrected chi connectivity index (χ3v) is 2.35. The molecule has 1 aromatic heterocycles. The highest BCUT2D eigenvalue weighted by atomic mass is 15.3. The Bertz CT molecular complexity index is 516. The van der Waals surface area contributed by atoms with Gasteiger partial charge < -0.3 is 11.1 Å². The molecule has 0 spiro atoms. The van der Waals surface area contributed by atoms with E-state index in [2.05, 4.69) is 20.4 Å². The second-order valence-electron chi connectivity index (χ2n) is 3.88. The summed E-state index contributed by atoms with van der Waals surface area (Å²) >= 11 is 0. The lowest BCUT2D eigenvalue weighted by atomic mass is 10.2. The molecule has 18 heavy (non-hydrogen) atoms. The molecule has 6 nitrogen and oxygen atoms in total. The number of hydrogen-bond donors (Lipinski definition) is 2. The van der Waals surface area contributed by atoms with Crippen LogP contribution in [0.2, 0.25) is 0 Å². The molecule has 0 unspecified atom stereocenters. The molecule has 0 fully saturated rings. The molecule has 2 aromatic rings. The van der Waals surface area contributed by atoms with E-state index < -0.39 is 0 Å². The van der Waals surface area contributed by atoms with Gasteiger partial charge in [0.05, 0.1) is 13.1 Å². The summed E-state index contributed by atoms with van der Waals surface area (Å²) in [6.07, 6.45) is 1.65. The molecule has 0 aliphatic rings. The molecule has 0 aliphatic carbocycles. The number of hydrogen-bond acceptors (Lipinski definition) is 3. The summed E-state index contributed by atoms with van der Waals surface area (Å²) in [5.41, 5.74) is 6.88. The Morgan fingerprint density at radius 3 is 2.83 bits per heavy atom. The molecular weight excluding hydrogens is 228 g/mol. The normalized spacial score (nSPS) is 11.5. The number of benzene rings is 1. The Labute approximate surface area is 106 Å². The minimum Gasteiger partial charge on any atom is -0.370 e. The summed E-state index contributed by atoms with van der Waals surface area (Å²) in [5.74, 6) is 1.08. The predicted octanol–water partition coefficient (Wildman–Crippen LogP) is 0.420. The molecule has 0 amide bonds. The minimum atomic E-state index is 0.395. The van der Waals surface area contributed by atoms with E-state index in [1.807, 2.05) is 37.4 Å². The van der Waals surface area contributed by atoms with E-state index in [1.165, 1.54) is 0 Å². The molecule has 2 rings (SSSR count). The topological polar surface area (TPSA) is 81.1 Å². The van der Waals surface area contributed by atoms with Gasteiger partial charge in [0, 0.05) is 7.05 Å². The van der Waals surface area contributed by atoms with Gasteiger partial charge in [0.25, 0.3) is 0 Å². The second-order valence-corrected chi connectivity index (χ2v) is 3.88. The average molecular weight is 244 g/mol. The van der Waals surface area contributed by atoms with Crippen molar-refractivity contribution < 1.29 is 0 Å². The quantitative estimate of drug-likeness (QED) is 0.603. The molecular formula is C12H16N6. The van der Waals surface area contributed by atoms with Crippen LogP contribution in [0.15, 0.2) is 41.7 Å². The van der Waals surface area contributed by atoms with Crippen LogP contribution >= 0.6 is 0 Å². The summed E-state index contributed by atoms with van der Waals surface area (Å²) < 4.78 is 1.65. The molecule has 1 heterocycles. The molecule has 0 saturated carbocycles. The number of aryl methyl sites for hydroxylation is 1. The van der Waals surface area contributed by atoms with Crippen molar-refractivity contribution in [1.82, 2.24) is 20.1 Å². The van der Waals surface area contributed by atoms with Gasteiger partial charge in [-0.1, -0.05) is 30.3 Å². The van der Waals surface area contributed by atoms with Crippen LogP contribution in [0, 0.1) is 0 Å². The highest BCUT2D eigenvalue weighted by Gasteiger charge is 1.98. The van der Waals surface area contributed by atoms with E-state index in [-0.39, 0.29) is 0 Å². The average Bonchev–Trinajstić information content (AvgIpc) is 2.81. The number of aromatic nitrogens is 3. The Kier molecular flexibility index (Phi) is 3.90. The molecule has 0 aliphatic heterocycles. The van der Waals surface area contributed by atoms with Crippen LogP contribution in [0.4, 0.5) is 0 Å². The Morgan fingerprint density at radius 1 is 1.39 bits per heavy atom. The van der Waals surface area contributed by atoms with E-state index in [9.17, 15) is 0 Å². The molecule has 3 N–H and O–H groups in total. The fourth-order valence-corrected chi connectivity index (χ4v) is 1.45. The van der Waals surface area contributed by atoms with E-state index in [1.54, 1.807) is 11.0 Å². The third-order valence-electron chi connectivity index (χ3n) is 2.35. The van der Waals surface area contributed by atoms with Crippen LogP contribution in [0.5, 0.6) is 0 Å². The van der Waals surface area contributed by atoms with Gasteiger partial charge in [-0.2, -0.15) is 5.10 Å². The van der Waals surface area contributed by atoms with E-state index >= 15 is 0 Å². The fraction of sp³-hybridized carbons (Fsp3) is 0.250. The standard InChI is InChI=1S/C12H16N6/c1-18-9-16-11(17-18)8-15-12(13)14-7-10-5-3-2-4-6-10/h2-6,9H,7-8H2,1H3,(H3,13,14,15). The maximum Gasteiger partial charge on any atom is 0.189 e. The molecule has 0 saturated heterocycles. The van der Waals surface area contributed by atoms with Crippen LogP contribution in [0.1, 0.15) is 11.4 Å². The summed E-state index contributed by atoms with van der Waals surface area (Å²) in [6, 6.07) is 9.95. The predicted molar refractivity (Wildman–Crippen MR) is 69.6 cm³/mol. The zero-order chi connectivity index (χ0) is 12.8. The van der Waals surface area contributed by atoms with Crippen molar-refractivity contribution in [2.75, 3.05) is 0 Å².